The molecule has 8 heteroatoms. The summed E-state index contributed by atoms with van der Waals surface area (Å²) in [6, 6.07) is 0. The van der Waals surface area contributed by atoms with Crippen molar-refractivity contribution in [1.29, 1.82) is 0 Å². The average molecular weight is 347 g/mol. The fourth-order valence-corrected chi connectivity index (χ4v) is 1.87. The standard InChI is InChI=1S/C16H17N3O4S/c17-16(20)15-9-13-23-12-7-5-3-1-2-4-6-8-14-24(21,22)19-11-10-18-15/h1-14,19H,(H2,17,20)/b2-1+,5-3+,6-4-,11-10+,12-7-,13-9+,14-8+,18-15+. The number of hydrogen-bond donors (Lipinski definition) is 2. The molecule has 0 spiro atoms. The van der Waals surface area contributed by atoms with Crippen LogP contribution in [0, 0.1) is 0 Å². The Morgan fingerprint density at radius 3 is 2.29 bits per heavy atom. The zero-order chi connectivity index (χ0) is 17.7. The Kier molecular flexibility index (Phi) is 8.33. The first-order valence-corrected chi connectivity index (χ1v) is 8.26. The summed E-state index contributed by atoms with van der Waals surface area (Å²) in [4.78, 5) is 14.9. The van der Waals surface area contributed by atoms with Crippen molar-refractivity contribution in [1.82, 2.24) is 4.72 Å². The van der Waals surface area contributed by atoms with Crippen LogP contribution in [-0.2, 0) is 19.6 Å². The number of carbonyl (C=O) groups excluding carboxylic acids is 1. The van der Waals surface area contributed by atoms with E-state index in [0.717, 1.165) is 17.8 Å². The van der Waals surface area contributed by atoms with Crippen LogP contribution < -0.4 is 10.5 Å². The van der Waals surface area contributed by atoms with E-state index in [1.54, 1.807) is 42.5 Å². The van der Waals surface area contributed by atoms with Gasteiger partial charge < -0.3 is 10.5 Å². The molecule has 0 fully saturated rings. The molecule has 0 unspecified atom stereocenters. The first-order valence-electron chi connectivity index (χ1n) is 6.71. The second-order valence-corrected chi connectivity index (χ2v) is 5.71. The third kappa shape index (κ3) is 9.00. The molecule has 0 aromatic rings. The molecular formula is C16H17N3O4S. The van der Waals surface area contributed by atoms with Crippen molar-refractivity contribution in [3.05, 3.63) is 85.0 Å². The van der Waals surface area contributed by atoms with Gasteiger partial charge in [-0.1, -0.05) is 36.5 Å². The second-order valence-electron chi connectivity index (χ2n) is 4.11. The van der Waals surface area contributed by atoms with Crippen LogP contribution in [0.15, 0.2) is 90.0 Å². The fraction of sp³-hybridized carbons (Fsp3) is 0. The zero-order valence-electron chi connectivity index (χ0n) is 12.6. The number of aliphatic imine (C=N–C) groups is 1. The molecule has 126 valence electrons. The number of amides is 1. The molecule has 1 amide bonds. The molecule has 0 aliphatic carbocycles. The summed E-state index contributed by atoms with van der Waals surface area (Å²) in [5, 5.41) is 0.987. The highest BCUT2D eigenvalue weighted by atomic mass is 32.2. The molecule has 1 heterocycles. The van der Waals surface area contributed by atoms with E-state index in [9.17, 15) is 13.2 Å². The third-order valence-electron chi connectivity index (χ3n) is 2.27. The number of sulfonamides is 1. The van der Waals surface area contributed by atoms with Crippen LogP contribution in [0.5, 0.6) is 0 Å². The molecule has 0 saturated heterocycles. The van der Waals surface area contributed by atoms with Gasteiger partial charge in [-0.2, -0.15) is 0 Å². The summed E-state index contributed by atoms with van der Waals surface area (Å²) in [6.07, 6.45) is 19.3. The molecule has 0 aromatic carbocycles. The predicted octanol–water partition coefficient (Wildman–Crippen LogP) is 1.54. The van der Waals surface area contributed by atoms with Gasteiger partial charge in [-0.3, -0.25) is 9.52 Å². The van der Waals surface area contributed by atoms with Crippen LogP contribution in [0.2, 0.25) is 0 Å². The normalized spacial score (nSPS) is 29.4. The van der Waals surface area contributed by atoms with Crippen molar-refractivity contribution in [2.75, 3.05) is 0 Å². The molecular weight excluding hydrogens is 330 g/mol. The quantitative estimate of drug-likeness (QED) is 0.749. The van der Waals surface area contributed by atoms with Gasteiger partial charge in [0.1, 0.15) is 5.71 Å². The number of allylic oxidation sites excluding steroid dienone is 8. The molecule has 7 nitrogen and oxygen atoms in total. The Hall–Kier alpha value is -3.13. The van der Waals surface area contributed by atoms with E-state index >= 15 is 0 Å². The number of primary amides is 1. The summed E-state index contributed by atoms with van der Waals surface area (Å²) in [5.74, 6) is -0.785. The number of ether oxygens (including phenoxy) is 1. The number of nitrogens with one attached hydrogen (secondary N) is 1. The largest absolute Gasteiger partial charge is 0.473 e. The summed E-state index contributed by atoms with van der Waals surface area (Å²) in [5.41, 5.74) is 5.05. The molecule has 0 bridgehead atoms. The van der Waals surface area contributed by atoms with Crippen LogP contribution in [-0.4, -0.2) is 20.0 Å². The van der Waals surface area contributed by atoms with E-state index in [-0.39, 0.29) is 5.71 Å². The number of hydrogen-bond acceptors (Lipinski definition) is 5. The summed E-state index contributed by atoms with van der Waals surface area (Å²) >= 11 is 0. The molecule has 3 N–H and O–H groups in total. The second kappa shape index (κ2) is 10.6. The van der Waals surface area contributed by atoms with Crippen LogP contribution >= 0.6 is 0 Å². The first-order chi connectivity index (χ1) is 11.5. The lowest BCUT2D eigenvalue weighted by atomic mass is 10.3. The maximum Gasteiger partial charge on any atom is 0.267 e. The maximum atomic E-state index is 11.6. The zero-order valence-corrected chi connectivity index (χ0v) is 13.5. The van der Waals surface area contributed by atoms with Crippen molar-refractivity contribution in [2.45, 2.75) is 0 Å². The molecule has 1 aliphatic rings. The molecule has 1 rings (SSSR count). The highest BCUT2D eigenvalue weighted by Gasteiger charge is 2.01. The minimum absolute atomic E-state index is 0.103. The molecule has 0 radical (unpaired) electrons. The number of rotatable bonds is 1. The van der Waals surface area contributed by atoms with Gasteiger partial charge in [-0.05, 0) is 12.2 Å². The van der Waals surface area contributed by atoms with E-state index in [1.165, 1.54) is 24.7 Å². The van der Waals surface area contributed by atoms with Crippen molar-refractivity contribution >= 4 is 21.6 Å². The Morgan fingerprint density at radius 2 is 1.62 bits per heavy atom. The minimum Gasteiger partial charge on any atom is -0.473 e. The predicted molar refractivity (Wildman–Crippen MR) is 93.7 cm³/mol. The van der Waals surface area contributed by atoms with Gasteiger partial charge in [0, 0.05) is 18.5 Å². The number of nitrogens with zero attached hydrogens (tertiary/aromatic N) is 1. The lowest BCUT2D eigenvalue weighted by Crippen LogP contribution is -2.21. The smallest absolute Gasteiger partial charge is 0.267 e. The Labute approximate surface area is 140 Å². The van der Waals surface area contributed by atoms with Gasteiger partial charge in [-0.15, -0.1) is 0 Å². The van der Waals surface area contributed by atoms with E-state index < -0.39 is 15.9 Å². The average Bonchev–Trinajstić information content (AvgIpc) is 2.52. The van der Waals surface area contributed by atoms with Crippen LogP contribution in [0.3, 0.4) is 0 Å². The SMILES string of the molecule is NC(=O)C1=N/C=C/NS(=O)(=O)/C=C/C=C\C=C\C=C\C=C/O\C=C\1. The van der Waals surface area contributed by atoms with Crippen molar-refractivity contribution < 1.29 is 17.9 Å². The first kappa shape index (κ1) is 18.9. The van der Waals surface area contributed by atoms with E-state index in [4.69, 9.17) is 10.5 Å². The molecule has 1 aliphatic heterocycles. The monoisotopic (exact) mass is 347 g/mol. The number of carbonyl (C=O) groups is 1. The highest BCUT2D eigenvalue weighted by Crippen LogP contribution is 1.92. The van der Waals surface area contributed by atoms with E-state index in [1.807, 2.05) is 0 Å². The number of nitrogens with two attached hydrogens (primary N) is 1. The van der Waals surface area contributed by atoms with Crippen molar-refractivity contribution in [3.63, 3.8) is 0 Å². The van der Waals surface area contributed by atoms with Gasteiger partial charge in [0.15, 0.2) is 0 Å². The van der Waals surface area contributed by atoms with Crippen LogP contribution in [0.1, 0.15) is 0 Å². The van der Waals surface area contributed by atoms with Crippen LogP contribution in [0.4, 0.5) is 0 Å². The van der Waals surface area contributed by atoms with Gasteiger partial charge in [-0.25, -0.2) is 13.4 Å². The Balaban J connectivity index is 3.00. The maximum absolute atomic E-state index is 11.6. The third-order valence-corrected chi connectivity index (χ3v) is 3.25. The van der Waals surface area contributed by atoms with Gasteiger partial charge >= 0.3 is 0 Å². The Morgan fingerprint density at radius 1 is 1.00 bits per heavy atom. The van der Waals surface area contributed by atoms with E-state index in [0.29, 0.717) is 0 Å². The van der Waals surface area contributed by atoms with Crippen molar-refractivity contribution in [2.24, 2.45) is 10.7 Å². The topological polar surface area (TPSA) is 111 Å². The van der Waals surface area contributed by atoms with Crippen molar-refractivity contribution in [3.8, 4) is 0 Å². The lowest BCUT2D eigenvalue weighted by molar-refractivity contribution is -0.111. The summed E-state index contributed by atoms with van der Waals surface area (Å²) in [6.45, 7) is 0. The summed E-state index contributed by atoms with van der Waals surface area (Å²) in [7, 11) is -3.65. The van der Waals surface area contributed by atoms with Crippen LogP contribution in [0.25, 0.3) is 0 Å². The van der Waals surface area contributed by atoms with Gasteiger partial charge in [0.05, 0.1) is 17.9 Å². The van der Waals surface area contributed by atoms with E-state index in [2.05, 4.69) is 9.71 Å². The summed E-state index contributed by atoms with van der Waals surface area (Å²) < 4.78 is 30.4. The minimum atomic E-state index is -3.65. The fourth-order valence-electron chi connectivity index (χ4n) is 1.24. The molecule has 0 saturated carbocycles. The lowest BCUT2D eigenvalue weighted by Gasteiger charge is -1.96. The highest BCUT2D eigenvalue weighted by molar-refractivity contribution is 7.92. The molecule has 0 atom stereocenters. The van der Waals surface area contributed by atoms with Gasteiger partial charge in [0.2, 0.25) is 0 Å². The molecule has 24 heavy (non-hydrogen) atoms. The van der Waals surface area contributed by atoms with Gasteiger partial charge in [0.25, 0.3) is 15.9 Å². The Bertz CT molecular complexity index is 767. The molecule has 0 aromatic heterocycles.